The second kappa shape index (κ2) is 15.8. The molecule has 5 rings (SSSR count). The van der Waals surface area contributed by atoms with Gasteiger partial charge in [0.05, 0.1) is 10.6 Å². The molecule has 2 amide bonds. The third kappa shape index (κ3) is 8.85. The van der Waals surface area contributed by atoms with Crippen LogP contribution in [0, 0.1) is 20.8 Å². The minimum absolute atomic E-state index is 0.0293. The van der Waals surface area contributed by atoms with Crippen molar-refractivity contribution in [3.8, 4) is 0 Å². The lowest BCUT2D eigenvalue weighted by molar-refractivity contribution is -0.140. The van der Waals surface area contributed by atoms with Crippen molar-refractivity contribution in [2.75, 3.05) is 10.8 Å². The van der Waals surface area contributed by atoms with Crippen molar-refractivity contribution in [2.24, 2.45) is 0 Å². The molecule has 1 saturated carbocycles. The quantitative estimate of drug-likeness (QED) is 0.167. The molecule has 0 bridgehead atoms. The van der Waals surface area contributed by atoms with Crippen LogP contribution in [0.4, 0.5) is 5.69 Å². The highest BCUT2D eigenvalue weighted by Crippen LogP contribution is 2.28. The van der Waals surface area contributed by atoms with Crippen molar-refractivity contribution in [3.63, 3.8) is 0 Å². The summed E-state index contributed by atoms with van der Waals surface area (Å²) in [6, 6.07) is 27.9. The molecule has 0 saturated heterocycles. The molecule has 0 unspecified atom stereocenters. The molecule has 1 aliphatic rings. The zero-order valence-electron chi connectivity index (χ0n) is 27.9. The number of hydrogen-bond acceptors (Lipinski definition) is 4. The molecule has 4 aromatic rings. The second-order valence-corrected chi connectivity index (χ2v) is 15.1. The lowest BCUT2D eigenvalue weighted by atomic mass is 9.94. The number of aryl methyl sites for hydroxylation is 3. The molecular formula is C39H44ClN3O4S. The second-order valence-electron chi connectivity index (χ2n) is 12.8. The van der Waals surface area contributed by atoms with Gasteiger partial charge in [-0.2, -0.15) is 0 Å². The predicted molar refractivity (Wildman–Crippen MR) is 193 cm³/mol. The van der Waals surface area contributed by atoms with Gasteiger partial charge < -0.3 is 10.2 Å². The van der Waals surface area contributed by atoms with E-state index in [9.17, 15) is 18.0 Å². The average Bonchev–Trinajstić information content (AvgIpc) is 3.07. The Morgan fingerprint density at radius 1 is 0.812 bits per heavy atom. The highest BCUT2D eigenvalue weighted by molar-refractivity contribution is 7.92. The number of sulfonamides is 1. The Kier molecular flexibility index (Phi) is 11.6. The first kappa shape index (κ1) is 35.2. The summed E-state index contributed by atoms with van der Waals surface area (Å²) < 4.78 is 29.8. The number of nitrogens with zero attached hydrogens (tertiary/aromatic N) is 2. The van der Waals surface area contributed by atoms with Gasteiger partial charge in [-0.3, -0.25) is 13.9 Å². The molecule has 1 aliphatic carbocycles. The fraction of sp³-hybridized carbons (Fsp3) is 0.333. The van der Waals surface area contributed by atoms with Gasteiger partial charge in [-0.25, -0.2) is 8.42 Å². The van der Waals surface area contributed by atoms with Crippen LogP contribution >= 0.6 is 11.6 Å². The number of amides is 2. The van der Waals surface area contributed by atoms with E-state index in [2.05, 4.69) is 5.32 Å². The SMILES string of the molecule is Cc1ccc(S(=O)(=O)N(CC(=O)N(Cc2cccc(Cl)c2)[C@H](Cc2ccccc2)C(=O)NC2CCCCC2)c2ccc(C)c(C)c2)cc1. The third-order valence-electron chi connectivity index (χ3n) is 9.13. The number of nitrogens with one attached hydrogen (secondary N) is 1. The van der Waals surface area contributed by atoms with E-state index in [4.69, 9.17) is 11.6 Å². The Bertz CT molecular complexity index is 1820. The van der Waals surface area contributed by atoms with Crippen molar-refractivity contribution < 1.29 is 18.0 Å². The van der Waals surface area contributed by atoms with Crippen LogP contribution in [-0.2, 0) is 32.6 Å². The zero-order chi connectivity index (χ0) is 34.3. The topological polar surface area (TPSA) is 86.8 Å². The van der Waals surface area contributed by atoms with Crippen LogP contribution < -0.4 is 9.62 Å². The lowest BCUT2D eigenvalue weighted by Gasteiger charge is -2.35. The van der Waals surface area contributed by atoms with Gasteiger partial charge in [0, 0.05) is 24.0 Å². The van der Waals surface area contributed by atoms with E-state index in [1.807, 2.05) is 63.2 Å². The molecule has 0 aromatic heterocycles. The third-order valence-corrected chi connectivity index (χ3v) is 11.2. The number of halogens is 1. The maximum Gasteiger partial charge on any atom is 0.264 e. The summed E-state index contributed by atoms with van der Waals surface area (Å²) in [6.45, 7) is 5.32. The molecule has 0 aliphatic heterocycles. The fourth-order valence-corrected chi connectivity index (χ4v) is 7.80. The number of anilines is 1. The summed E-state index contributed by atoms with van der Waals surface area (Å²) in [5.41, 5.74) is 4.82. The Labute approximate surface area is 290 Å². The average molecular weight is 686 g/mol. The van der Waals surface area contributed by atoms with Gasteiger partial charge >= 0.3 is 0 Å². The predicted octanol–water partition coefficient (Wildman–Crippen LogP) is 7.55. The Morgan fingerprint density at radius 2 is 1.50 bits per heavy atom. The van der Waals surface area contributed by atoms with Crippen LogP contribution in [0.3, 0.4) is 0 Å². The molecule has 9 heteroatoms. The highest BCUT2D eigenvalue weighted by Gasteiger charge is 2.35. The normalized spacial score (nSPS) is 14.2. The van der Waals surface area contributed by atoms with Gasteiger partial charge in [0.15, 0.2) is 0 Å². The minimum Gasteiger partial charge on any atom is -0.352 e. The molecule has 7 nitrogen and oxygen atoms in total. The van der Waals surface area contributed by atoms with Crippen molar-refractivity contribution in [1.29, 1.82) is 0 Å². The zero-order valence-corrected chi connectivity index (χ0v) is 29.4. The maximum absolute atomic E-state index is 14.7. The van der Waals surface area contributed by atoms with Crippen LogP contribution in [0.5, 0.6) is 0 Å². The number of carbonyl (C=O) groups excluding carboxylic acids is 2. The largest absolute Gasteiger partial charge is 0.352 e. The van der Waals surface area contributed by atoms with E-state index in [-0.39, 0.29) is 29.8 Å². The highest BCUT2D eigenvalue weighted by atomic mass is 35.5. The van der Waals surface area contributed by atoms with Gasteiger partial charge in [-0.05, 0) is 92.3 Å². The van der Waals surface area contributed by atoms with Gasteiger partial charge in [0.25, 0.3) is 10.0 Å². The summed E-state index contributed by atoms with van der Waals surface area (Å²) >= 11 is 6.37. The summed E-state index contributed by atoms with van der Waals surface area (Å²) in [5, 5.41) is 3.75. The van der Waals surface area contributed by atoms with E-state index in [1.165, 1.54) is 4.90 Å². The number of hydrogen-bond donors (Lipinski definition) is 1. The molecule has 4 aromatic carbocycles. The first-order valence-corrected chi connectivity index (χ1v) is 18.4. The van der Waals surface area contributed by atoms with E-state index < -0.39 is 28.5 Å². The molecule has 48 heavy (non-hydrogen) atoms. The molecule has 0 heterocycles. The monoisotopic (exact) mass is 685 g/mol. The molecule has 252 valence electrons. The van der Waals surface area contributed by atoms with Gasteiger partial charge in [0.1, 0.15) is 12.6 Å². The molecule has 1 N–H and O–H groups in total. The Balaban J connectivity index is 1.58. The van der Waals surface area contributed by atoms with Crippen LogP contribution in [0.25, 0.3) is 0 Å². The molecule has 1 fully saturated rings. The maximum atomic E-state index is 14.7. The smallest absolute Gasteiger partial charge is 0.264 e. The van der Waals surface area contributed by atoms with Crippen molar-refractivity contribution in [3.05, 3.63) is 130 Å². The van der Waals surface area contributed by atoms with Crippen molar-refractivity contribution >= 4 is 39.1 Å². The number of carbonyl (C=O) groups is 2. The first-order valence-electron chi connectivity index (χ1n) is 16.6. The summed E-state index contributed by atoms with van der Waals surface area (Å²) in [7, 11) is -4.17. The number of rotatable bonds is 12. The summed E-state index contributed by atoms with van der Waals surface area (Å²) in [6.07, 6.45) is 5.27. The Morgan fingerprint density at radius 3 is 2.17 bits per heavy atom. The summed E-state index contributed by atoms with van der Waals surface area (Å²) in [5.74, 6) is -0.746. The fourth-order valence-electron chi connectivity index (χ4n) is 6.18. The molecule has 0 radical (unpaired) electrons. The minimum atomic E-state index is -4.17. The van der Waals surface area contributed by atoms with Crippen LogP contribution in [0.1, 0.15) is 59.9 Å². The Hall–Kier alpha value is -4.14. The summed E-state index contributed by atoms with van der Waals surface area (Å²) in [4.78, 5) is 30.6. The first-order chi connectivity index (χ1) is 23.0. The van der Waals surface area contributed by atoms with E-state index >= 15 is 0 Å². The van der Waals surface area contributed by atoms with E-state index in [0.717, 1.165) is 64.2 Å². The standard InChI is InChI=1S/C39H44ClN3O4S/c1-28-17-21-36(22-18-28)48(46,47)43(35-20-19-29(2)30(3)23-35)27-38(44)42(26-32-13-10-14-33(40)24-32)37(25-31-11-6-4-7-12-31)39(45)41-34-15-8-5-9-16-34/h4,6-7,10-14,17-24,34,37H,5,8-9,15-16,25-27H2,1-3H3,(H,41,45)/t37-/m1/s1. The number of benzene rings is 4. The van der Waals surface area contributed by atoms with Crippen molar-refractivity contribution in [2.45, 2.75) is 82.8 Å². The van der Waals surface area contributed by atoms with Crippen molar-refractivity contribution in [1.82, 2.24) is 10.2 Å². The van der Waals surface area contributed by atoms with E-state index in [1.54, 1.807) is 54.6 Å². The van der Waals surface area contributed by atoms with Crippen LogP contribution in [-0.4, -0.2) is 43.8 Å². The van der Waals surface area contributed by atoms with Gasteiger partial charge in [0.2, 0.25) is 11.8 Å². The van der Waals surface area contributed by atoms with Gasteiger partial charge in [-0.1, -0.05) is 97.1 Å². The van der Waals surface area contributed by atoms with Crippen LogP contribution in [0.2, 0.25) is 5.02 Å². The van der Waals surface area contributed by atoms with Crippen LogP contribution in [0.15, 0.2) is 102 Å². The molecule has 1 atom stereocenters. The molecular weight excluding hydrogens is 642 g/mol. The molecule has 0 spiro atoms. The van der Waals surface area contributed by atoms with E-state index in [0.29, 0.717) is 10.7 Å². The van der Waals surface area contributed by atoms with Gasteiger partial charge in [-0.15, -0.1) is 0 Å². The lowest BCUT2D eigenvalue weighted by Crippen LogP contribution is -2.55.